The van der Waals surface area contributed by atoms with E-state index >= 15 is 0 Å². The van der Waals surface area contributed by atoms with Crippen molar-refractivity contribution in [1.29, 1.82) is 0 Å². The van der Waals surface area contributed by atoms with Gasteiger partial charge in [-0.3, -0.25) is 9.80 Å². The van der Waals surface area contributed by atoms with Crippen molar-refractivity contribution in [3.63, 3.8) is 0 Å². The zero-order chi connectivity index (χ0) is 12.6. The highest BCUT2D eigenvalue weighted by Gasteiger charge is 2.39. The van der Waals surface area contributed by atoms with Crippen molar-refractivity contribution in [2.45, 2.75) is 62.8 Å². The van der Waals surface area contributed by atoms with Gasteiger partial charge in [0.1, 0.15) is 0 Å². The van der Waals surface area contributed by atoms with Crippen LogP contribution in [0.3, 0.4) is 0 Å². The third-order valence-electron chi connectivity index (χ3n) is 5.22. The van der Waals surface area contributed by atoms with Gasteiger partial charge in [-0.15, -0.1) is 0 Å². The Bertz CT molecular complexity index is 288. The van der Waals surface area contributed by atoms with E-state index < -0.39 is 0 Å². The van der Waals surface area contributed by atoms with E-state index in [0.717, 1.165) is 12.1 Å². The van der Waals surface area contributed by atoms with Crippen LogP contribution in [0, 0.1) is 0 Å². The Kier molecular flexibility index (Phi) is 3.93. The van der Waals surface area contributed by atoms with E-state index in [-0.39, 0.29) is 0 Å². The predicted molar refractivity (Wildman–Crippen MR) is 80.3 cm³/mol. The highest BCUT2D eigenvalue weighted by Crippen LogP contribution is 2.39. The molecule has 0 radical (unpaired) electrons. The standard InChI is InChI=1S/C15H28N2S/c1-3-13-10-16-8-4-6-14(16)11-17(13)12-15(2)7-5-9-18-15/h13-14H,3-12H2,1-2H3. The fourth-order valence-electron chi connectivity index (χ4n) is 4.12. The molecule has 3 atom stereocenters. The minimum Gasteiger partial charge on any atom is -0.298 e. The van der Waals surface area contributed by atoms with Crippen molar-refractivity contribution in [1.82, 2.24) is 9.80 Å². The predicted octanol–water partition coefficient (Wildman–Crippen LogP) is 2.83. The number of hydrogen-bond acceptors (Lipinski definition) is 3. The lowest BCUT2D eigenvalue weighted by atomic mass is 9.99. The van der Waals surface area contributed by atoms with Crippen LogP contribution in [0.15, 0.2) is 0 Å². The number of hydrogen-bond donors (Lipinski definition) is 0. The number of thioether (sulfide) groups is 1. The third kappa shape index (κ3) is 2.59. The van der Waals surface area contributed by atoms with Crippen molar-refractivity contribution in [3.8, 4) is 0 Å². The lowest BCUT2D eigenvalue weighted by Gasteiger charge is -2.46. The van der Waals surface area contributed by atoms with Gasteiger partial charge in [0.25, 0.3) is 0 Å². The molecule has 3 unspecified atom stereocenters. The summed E-state index contributed by atoms with van der Waals surface area (Å²) in [4.78, 5) is 5.60. The van der Waals surface area contributed by atoms with Crippen LogP contribution in [0.2, 0.25) is 0 Å². The molecule has 3 aliphatic rings. The summed E-state index contributed by atoms with van der Waals surface area (Å²) in [6.45, 7) is 10.2. The van der Waals surface area contributed by atoms with Gasteiger partial charge in [0.2, 0.25) is 0 Å². The Morgan fingerprint density at radius 2 is 2.17 bits per heavy atom. The van der Waals surface area contributed by atoms with Gasteiger partial charge in [-0.2, -0.15) is 11.8 Å². The first-order valence-electron chi connectivity index (χ1n) is 7.82. The lowest BCUT2D eigenvalue weighted by molar-refractivity contribution is 0.0433. The summed E-state index contributed by atoms with van der Waals surface area (Å²) in [6.07, 6.45) is 7.06. The second-order valence-corrected chi connectivity index (χ2v) is 8.37. The lowest BCUT2D eigenvalue weighted by Crippen LogP contribution is -2.58. The third-order valence-corrected chi connectivity index (χ3v) is 6.74. The van der Waals surface area contributed by atoms with Crippen molar-refractivity contribution in [2.24, 2.45) is 0 Å². The van der Waals surface area contributed by atoms with Crippen molar-refractivity contribution < 1.29 is 0 Å². The maximum Gasteiger partial charge on any atom is 0.0259 e. The van der Waals surface area contributed by atoms with Crippen LogP contribution in [0.4, 0.5) is 0 Å². The van der Waals surface area contributed by atoms with Crippen molar-refractivity contribution in [2.75, 3.05) is 31.9 Å². The minimum absolute atomic E-state index is 0.550. The van der Waals surface area contributed by atoms with Gasteiger partial charge in [0.15, 0.2) is 0 Å². The molecule has 0 N–H and O–H groups in total. The molecule has 18 heavy (non-hydrogen) atoms. The maximum atomic E-state index is 2.84. The van der Waals surface area contributed by atoms with E-state index in [0.29, 0.717) is 4.75 Å². The summed E-state index contributed by atoms with van der Waals surface area (Å²) in [6, 6.07) is 1.69. The molecule has 3 rings (SSSR count). The molecular weight excluding hydrogens is 240 g/mol. The molecule has 3 heterocycles. The molecule has 3 aliphatic heterocycles. The topological polar surface area (TPSA) is 6.48 Å². The number of piperazine rings is 1. The van der Waals surface area contributed by atoms with E-state index in [1.165, 1.54) is 64.0 Å². The fourth-order valence-corrected chi connectivity index (χ4v) is 5.45. The van der Waals surface area contributed by atoms with Crippen LogP contribution in [-0.2, 0) is 0 Å². The monoisotopic (exact) mass is 268 g/mol. The molecule has 3 saturated heterocycles. The van der Waals surface area contributed by atoms with E-state index in [2.05, 4.69) is 35.4 Å². The molecule has 104 valence electrons. The molecule has 0 saturated carbocycles. The number of rotatable bonds is 3. The smallest absolute Gasteiger partial charge is 0.0259 e. The molecule has 0 aromatic rings. The zero-order valence-corrected chi connectivity index (χ0v) is 12.8. The Morgan fingerprint density at radius 1 is 1.28 bits per heavy atom. The summed E-state index contributed by atoms with van der Waals surface area (Å²) in [7, 11) is 0. The summed E-state index contributed by atoms with van der Waals surface area (Å²) in [5.74, 6) is 1.39. The average Bonchev–Trinajstić information content (AvgIpc) is 2.96. The molecule has 0 aromatic carbocycles. The first kappa shape index (κ1) is 13.3. The molecule has 2 nitrogen and oxygen atoms in total. The van der Waals surface area contributed by atoms with Crippen molar-refractivity contribution >= 4 is 11.8 Å². The van der Waals surface area contributed by atoms with Crippen LogP contribution in [0.5, 0.6) is 0 Å². The van der Waals surface area contributed by atoms with Gasteiger partial charge in [0, 0.05) is 36.5 Å². The Hall–Kier alpha value is 0.270. The van der Waals surface area contributed by atoms with E-state index in [4.69, 9.17) is 0 Å². The normalized spacial score (nSPS) is 42.3. The van der Waals surface area contributed by atoms with Gasteiger partial charge in [0.05, 0.1) is 0 Å². The summed E-state index contributed by atoms with van der Waals surface area (Å²) < 4.78 is 0.550. The average molecular weight is 268 g/mol. The van der Waals surface area contributed by atoms with E-state index in [9.17, 15) is 0 Å². The van der Waals surface area contributed by atoms with Gasteiger partial charge in [-0.05, 0) is 51.3 Å². The summed E-state index contributed by atoms with van der Waals surface area (Å²) in [5.41, 5.74) is 0. The molecule has 0 aliphatic carbocycles. The Labute approximate surface area is 116 Å². The molecule has 0 aromatic heterocycles. The fraction of sp³-hybridized carbons (Fsp3) is 1.00. The molecule has 3 heteroatoms. The van der Waals surface area contributed by atoms with Crippen LogP contribution in [0.25, 0.3) is 0 Å². The van der Waals surface area contributed by atoms with Crippen LogP contribution >= 0.6 is 11.8 Å². The van der Waals surface area contributed by atoms with Crippen molar-refractivity contribution in [3.05, 3.63) is 0 Å². The van der Waals surface area contributed by atoms with Crippen LogP contribution in [0.1, 0.15) is 46.0 Å². The molecule has 0 bridgehead atoms. The van der Waals surface area contributed by atoms with Crippen LogP contribution < -0.4 is 0 Å². The first-order chi connectivity index (χ1) is 8.70. The van der Waals surface area contributed by atoms with Gasteiger partial charge in [-0.1, -0.05) is 6.92 Å². The summed E-state index contributed by atoms with van der Waals surface area (Å²) in [5, 5.41) is 0. The quantitative estimate of drug-likeness (QED) is 0.777. The number of fused-ring (bicyclic) bond motifs is 1. The van der Waals surface area contributed by atoms with Gasteiger partial charge >= 0.3 is 0 Å². The second-order valence-electron chi connectivity index (χ2n) is 6.68. The first-order valence-corrected chi connectivity index (χ1v) is 8.81. The molecule has 3 fully saturated rings. The second kappa shape index (κ2) is 5.34. The number of nitrogens with zero attached hydrogens (tertiary/aromatic N) is 2. The largest absolute Gasteiger partial charge is 0.298 e. The maximum absolute atomic E-state index is 2.84. The van der Waals surface area contributed by atoms with E-state index in [1.807, 2.05) is 0 Å². The minimum atomic E-state index is 0.550. The van der Waals surface area contributed by atoms with E-state index in [1.54, 1.807) is 0 Å². The highest BCUT2D eigenvalue weighted by atomic mass is 32.2. The molecular formula is C15H28N2S. The SMILES string of the molecule is CCC1CN2CCCC2CN1CC1(C)CCCS1. The summed E-state index contributed by atoms with van der Waals surface area (Å²) >= 11 is 2.22. The van der Waals surface area contributed by atoms with Gasteiger partial charge in [-0.25, -0.2) is 0 Å². The molecule has 0 amide bonds. The van der Waals surface area contributed by atoms with Crippen LogP contribution in [-0.4, -0.2) is 58.6 Å². The Balaban J connectivity index is 1.65. The van der Waals surface area contributed by atoms with Gasteiger partial charge < -0.3 is 0 Å². The highest BCUT2D eigenvalue weighted by molar-refractivity contribution is 8.00. The molecule has 0 spiro atoms. The Morgan fingerprint density at radius 3 is 2.89 bits per heavy atom. The zero-order valence-electron chi connectivity index (χ0n) is 12.0.